The number of hydrogen-bond acceptors (Lipinski definition) is 2. The largest absolute Gasteiger partial charge is 0.310 e. The van der Waals surface area contributed by atoms with E-state index in [4.69, 9.17) is 5.26 Å². The van der Waals surface area contributed by atoms with Crippen LogP contribution in [0.3, 0.4) is 0 Å². The van der Waals surface area contributed by atoms with Crippen LogP contribution in [0.5, 0.6) is 0 Å². The van der Waals surface area contributed by atoms with Crippen LogP contribution in [0.25, 0.3) is 0 Å². The minimum atomic E-state index is 0.404. The molecular formula is C12H13BrN2. The third-order valence-electron chi connectivity index (χ3n) is 2.81. The molecule has 3 heteroatoms. The molecule has 0 bridgehead atoms. The lowest BCUT2D eigenvalue weighted by molar-refractivity contribution is 0.411. The summed E-state index contributed by atoms with van der Waals surface area (Å²) in [5, 5.41) is 12.4. The maximum absolute atomic E-state index is 8.87. The molecule has 2 rings (SSSR count). The summed E-state index contributed by atoms with van der Waals surface area (Å²) in [6, 6.07) is 8.37. The Labute approximate surface area is 98.4 Å². The maximum atomic E-state index is 8.87. The molecule has 0 saturated carbocycles. The molecule has 1 aliphatic heterocycles. The van der Waals surface area contributed by atoms with Gasteiger partial charge in [0, 0.05) is 10.5 Å². The number of piperidine rings is 1. The Morgan fingerprint density at radius 1 is 1.40 bits per heavy atom. The van der Waals surface area contributed by atoms with E-state index in [-0.39, 0.29) is 0 Å². The van der Waals surface area contributed by atoms with Crippen LogP contribution < -0.4 is 5.32 Å². The summed E-state index contributed by atoms with van der Waals surface area (Å²) in [6.45, 7) is 1.08. The van der Waals surface area contributed by atoms with Crippen molar-refractivity contribution in [1.82, 2.24) is 5.32 Å². The number of nitrogens with one attached hydrogen (secondary N) is 1. The monoisotopic (exact) mass is 264 g/mol. The quantitative estimate of drug-likeness (QED) is 0.846. The molecule has 1 fully saturated rings. The zero-order valence-corrected chi connectivity index (χ0v) is 10.0. The first kappa shape index (κ1) is 10.7. The highest BCUT2D eigenvalue weighted by molar-refractivity contribution is 9.10. The molecule has 78 valence electrons. The normalized spacial score (nSPS) is 20.9. The first-order valence-corrected chi connectivity index (χ1v) is 6.03. The van der Waals surface area contributed by atoms with Crippen LogP contribution in [0.1, 0.15) is 36.4 Å². The van der Waals surface area contributed by atoms with Crippen molar-refractivity contribution in [2.24, 2.45) is 0 Å². The third-order valence-corrected chi connectivity index (χ3v) is 3.53. The van der Waals surface area contributed by atoms with E-state index in [9.17, 15) is 0 Å². The van der Waals surface area contributed by atoms with Gasteiger partial charge < -0.3 is 5.32 Å². The Hall–Kier alpha value is -0.850. The molecule has 1 aliphatic rings. The Bertz CT molecular complexity index is 389. The molecule has 1 heterocycles. The zero-order chi connectivity index (χ0) is 10.7. The number of halogens is 1. The lowest BCUT2D eigenvalue weighted by Crippen LogP contribution is -2.27. The van der Waals surface area contributed by atoms with E-state index in [1.165, 1.54) is 18.4 Å². The minimum absolute atomic E-state index is 0.404. The van der Waals surface area contributed by atoms with Gasteiger partial charge in [-0.1, -0.05) is 22.4 Å². The summed E-state index contributed by atoms with van der Waals surface area (Å²) >= 11 is 3.55. The standard InChI is InChI=1S/C12H13BrN2/c13-11-5-4-9(8-14)7-10(11)12-3-1-2-6-15-12/h4-5,7,12,15H,1-3,6H2. The summed E-state index contributed by atoms with van der Waals surface area (Å²) < 4.78 is 1.10. The van der Waals surface area contributed by atoms with Crippen LogP contribution >= 0.6 is 15.9 Å². The summed E-state index contributed by atoms with van der Waals surface area (Å²) in [4.78, 5) is 0. The Morgan fingerprint density at radius 3 is 2.93 bits per heavy atom. The fraction of sp³-hybridized carbons (Fsp3) is 0.417. The maximum Gasteiger partial charge on any atom is 0.0991 e. The number of rotatable bonds is 1. The lowest BCUT2D eigenvalue weighted by Gasteiger charge is -2.24. The topological polar surface area (TPSA) is 35.8 Å². The molecule has 0 radical (unpaired) electrons. The van der Waals surface area contributed by atoms with Crippen LogP contribution in [0, 0.1) is 11.3 Å². The second-order valence-corrected chi connectivity index (χ2v) is 4.70. The highest BCUT2D eigenvalue weighted by atomic mass is 79.9. The molecule has 2 nitrogen and oxygen atoms in total. The van der Waals surface area contributed by atoms with Crippen molar-refractivity contribution >= 4 is 15.9 Å². The van der Waals surface area contributed by atoms with Crippen molar-refractivity contribution < 1.29 is 0 Å². The van der Waals surface area contributed by atoms with E-state index >= 15 is 0 Å². The molecule has 1 N–H and O–H groups in total. The van der Waals surface area contributed by atoms with Gasteiger partial charge in [-0.15, -0.1) is 0 Å². The second kappa shape index (κ2) is 4.78. The van der Waals surface area contributed by atoms with Crippen molar-refractivity contribution in [2.45, 2.75) is 25.3 Å². The van der Waals surface area contributed by atoms with Gasteiger partial charge in [-0.3, -0.25) is 0 Å². The van der Waals surface area contributed by atoms with Gasteiger partial charge in [-0.25, -0.2) is 0 Å². The molecular weight excluding hydrogens is 252 g/mol. The van der Waals surface area contributed by atoms with Crippen molar-refractivity contribution in [3.05, 3.63) is 33.8 Å². The van der Waals surface area contributed by atoms with Crippen LogP contribution in [0.4, 0.5) is 0 Å². The molecule has 1 aromatic carbocycles. The van der Waals surface area contributed by atoms with Gasteiger partial charge in [0.15, 0.2) is 0 Å². The smallest absolute Gasteiger partial charge is 0.0991 e. The van der Waals surface area contributed by atoms with E-state index in [2.05, 4.69) is 27.3 Å². The number of benzene rings is 1. The molecule has 1 saturated heterocycles. The number of nitrogens with zero attached hydrogens (tertiary/aromatic N) is 1. The fourth-order valence-corrected chi connectivity index (χ4v) is 2.52. The molecule has 15 heavy (non-hydrogen) atoms. The van der Waals surface area contributed by atoms with Crippen LogP contribution in [-0.2, 0) is 0 Å². The van der Waals surface area contributed by atoms with Gasteiger partial charge in [0.2, 0.25) is 0 Å². The summed E-state index contributed by atoms with van der Waals surface area (Å²) in [6.07, 6.45) is 3.68. The van der Waals surface area contributed by atoms with Gasteiger partial charge >= 0.3 is 0 Å². The molecule has 1 atom stereocenters. The summed E-state index contributed by atoms with van der Waals surface area (Å²) in [5.74, 6) is 0. The van der Waals surface area contributed by atoms with Gasteiger partial charge in [-0.05, 0) is 43.1 Å². The van der Waals surface area contributed by atoms with E-state index in [0.29, 0.717) is 6.04 Å². The van der Waals surface area contributed by atoms with E-state index < -0.39 is 0 Å². The Morgan fingerprint density at radius 2 is 2.27 bits per heavy atom. The predicted octanol–water partition coefficient (Wildman–Crippen LogP) is 3.14. The average Bonchev–Trinajstić information content (AvgIpc) is 2.31. The number of nitriles is 1. The van der Waals surface area contributed by atoms with Crippen molar-refractivity contribution in [3.63, 3.8) is 0 Å². The van der Waals surface area contributed by atoms with Crippen molar-refractivity contribution in [1.29, 1.82) is 5.26 Å². The first-order valence-electron chi connectivity index (χ1n) is 5.24. The Kier molecular flexibility index (Phi) is 3.40. The van der Waals surface area contributed by atoms with Gasteiger partial charge in [-0.2, -0.15) is 5.26 Å². The first-order chi connectivity index (χ1) is 7.31. The lowest BCUT2D eigenvalue weighted by atomic mass is 9.96. The average molecular weight is 265 g/mol. The van der Waals surface area contributed by atoms with E-state index in [1.807, 2.05) is 18.2 Å². The molecule has 0 amide bonds. The molecule has 1 aromatic rings. The van der Waals surface area contributed by atoms with Crippen molar-refractivity contribution in [3.8, 4) is 6.07 Å². The predicted molar refractivity (Wildman–Crippen MR) is 63.5 cm³/mol. The van der Waals surface area contributed by atoms with E-state index in [0.717, 1.165) is 23.0 Å². The Balaban J connectivity index is 2.29. The van der Waals surface area contributed by atoms with E-state index in [1.54, 1.807) is 0 Å². The van der Waals surface area contributed by atoms with Crippen LogP contribution in [0.2, 0.25) is 0 Å². The minimum Gasteiger partial charge on any atom is -0.310 e. The zero-order valence-electron chi connectivity index (χ0n) is 8.46. The van der Waals surface area contributed by atoms with Crippen LogP contribution in [0.15, 0.2) is 22.7 Å². The fourth-order valence-electron chi connectivity index (χ4n) is 2.00. The van der Waals surface area contributed by atoms with Gasteiger partial charge in [0.1, 0.15) is 0 Å². The van der Waals surface area contributed by atoms with Gasteiger partial charge in [0.05, 0.1) is 11.6 Å². The number of hydrogen-bond donors (Lipinski definition) is 1. The van der Waals surface area contributed by atoms with Crippen molar-refractivity contribution in [2.75, 3.05) is 6.54 Å². The summed E-state index contributed by atoms with van der Waals surface area (Å²) in [5.41, 5.74) is 1.95. The summed E-state index contributed by atoms with van der Waals surface area (Å²) in [7, 11) is 0. The third kappa shape index (κ3) is 2.39. The molecule has 0 aliphatic carbocycles. The van der Waals surface area contributed by atoms with Gasteiger partial charge in [0.25, 0.3) is 0 Å². The van der Waals surface area contributed by atoms with Crippen LogP contribution in [-0.4, -0.2) is 6.54 Å². The second-order valence-electron chi connectivity index (χ2n) is 3.85. The highest BCUT2D eigenvalue weighted by Gasteiger charge is 2.17. The molecule has 1 unspecified atom stereocenters. The molecule has 0 spiro atoms. The highest BCUT2D eigenvalue weighted by Crippen LogP contribution is 2.29. The SMILES string of the molecule is N#Cc1ccc(Br)c(C2CCCCN2)c1. The molecule has 0 aromatic heterocycles.